The Hall–Kier alpha value is -0.330. The standard InChI is InChI=1S/C12H22F3N3/c1-7-4-9(16)6-18-11(7)8-2-3-10(17-5-8)12(13,14)15/h7-11,17-18H,2-6,16H2,1H3. The van der Waals surface area contributed by atoms with Crippen molar-refractivity contribution in [2.24, 2.45) is 17.6 Å². The second-order valence-electron chi connectivity index (χ2n) is 5.75. The quantitative estimate of drug-likeness (QED) is 0.668. The van der Waals surface area contributed by atoms with E-state index in [0.717, 1.165) is 13.0 Å². The average molecular weight is 265 g/mol. The van der Waals surface area contributed by atoms with E-state index >= 15 is 0 Å². The number of halogens is 3. The fourth-order valence-corrected chi connectivity index (χ4v) is 3.29. The summed E-state index contributed by atoms with van der Waals surface area (Å²) in [5.74, 6) is 0.717. The molecule has 0 aromatic carbocycles. The van der Waals surface area contributed by atoms with Gasteiger partial charge in [0.15, 0.2) is 0 Å². The summed E-state index contributed by atoms with van der Waals surface area (Å²) in [6.45, 7) is 3.35. The Morgan fingerprint density at radius 2 is 1.83 bits per heavy atom. The Morgan fingerprint density at radius 1 is 1.11 bits per heavy atom. The average Bonchev–Trinajstić information content (AvgIpc) is 2.28. The van der Waals surface area contributed by atoms with Gasteiger partial charge in [0.05, 0.1) is 0 Å². The van der Waals surface area contributed by atoms with Crippen molar-refractivity contribution < 1.29 is 13.2 Å². The highest BCUT2D eigenvalue weighted by molar-refractivity contribution is 4.93. The van der Waals surface area contributed by atoms with Crippen LogP contribution in [0.5, 0.6) is 0 Å². The summed E-state index contributed by atoms with van der Waals surface area (Å²) in [6.07, 6.45) is -2.34. The number of rotatable bonds is 1. The Balaban J connectivity index is 1.86. The van der Waals surface area contributed by atoms with Crippen LogP contribution in [0.1, 0.15) is 26.2 Å². The summed E-state index contributed by atoms with van der Waals surface area (Å²) in [6, 6.07) is -0.850. The van der Waals surface area contributed by atoms with Crippen LogP contribution in [0.25, 0.3) is 0 Å². The van der Waals surface area contributed by atoms with Crippen molar-refractivity contribution in [2.75, 3.05) is 13.1 Å². The van der Waals surface area contributed by atoms with Crippen molar-refractivity contribution >= 4 is 0 Å². The molecule has 18 heavy (non-hydrogen) atoms. The number of piperidine rings is 2. The van der Waals surface area contributed by atoms with Crippen LogP contribution in [-0.2, 0) is 0 Å². The molecule has 0 aliphatic carbocycles. The number of hydrogen-bond donors (Lipinski definition) is 3. The van der Waals surface area contributed by atoms with E-state index in [0.29, 0.717) is 24.9 Å². The van der Waals surface area contributed by atoms with Crippen molar-refractivity contribution in [2.45, 2.75) is 50.5 Å². The maximum atomic E-state index is 12.5. The van der Waals surface area contributed by atoms with Crippen molar-refractivity contribution in [3.05, 3.63) is 0 Å². The molecule has 4 N–H and O–H groups in total. The molecule has 2 heterocycles. The zero-order valence-electron chi connectivity index (χ0n) is 10.6. The van der Waals surface area contributed by atoms with Crippen LogP contribution in [0.4, 0.5) is 13.2 Å². The molecule has 6 heteroatoms. The van der Waals surface area contributed by atoms with E-state index in [4.69, 9.17) is 5.73 Å². The third-order valence-corrected chi connectivity index (χ3v) is 4.26. The zero-order chi connectivity index (χ0) is 13.3. The molecule has 0 saturated carbocycles. The molecule has 5 unspecified atom stereocenters. The third kappa shape index (κ3) is 3.16. The minimum Gasteiger partial charge on any atom is -0.327 e. The molecule has 0 aromatic rings. The van der Waals surface area contributed by atoms with Crippen LogP contribution in [0.3, 0.4) is 0 Å². The van der Waals surface area contributed by atoms with Gasteiger partial charge < -0.3 is 16.4 Å². The van der Waals surface area contributed by atoms with Gasteiger partial charge in [-0.1, -0.05) is 6.92 Å². The van der Waals surface area contributed by atoms with Gasteiger partial charge in [-0.2, -0.15) is 13.2 Å². The highest BCUT2D eigenvalue weighted by atomic mass is 19.4. The number of nitrogens with one attached hydrogen (secondary N) is 2. The summed E-state index contributed by atoms with van der Waals surface area (Å²) < 4.78 is 37.6. The topological polar surface area (TPSA) is 50.1 Å². The summed E-state index contributed by atoms with van der Waals surface area (Å²) in [7, 11) is 0. The maximum Gasteiger partial charge on any atom is 0.403 e. The van der Waals surface area contributed by atoms with Gasteiger partial charge in [-0.15, -0.1) is 0 Å². The summed E-state index contributed by atoms with van der Waals surface area (Å²) in [5, 5.41) is 6.04. The highest BCUT2D eigenvalue weighted by Gasteiger charge is 2.43. The van der Waals surface area contributed by atoms with Crippen LogP contribution in [0.2, 0.25) is 0 Å². The molecular weight excluding hydrogens is 243 g/mol. The van der Waals surface area contributed by atoms with Crippen molar-refractivity contribution in [1.29, 1.82) is 0 Å². The molecule has 0 aromatic heterocycles. The lowest BCUT2D eigenvalue weighted by molar-refractivity contribution is -0.162. The second kappa shape index (κ2) is 5.35. The van der Waals surface area contributed by atoms with Crippen molar-refractivity contribution in [3.63, 3.8) is 0 Å². The SMILES string of the molecule is CC1CC(N)CNC1C1CCC(C(F)(F)F)NC1. The molecular formula is C12H22F3N3. The largest absolute Gasteiger partial charge is 0.403 e. The molecule has 0 bridgehead atoms. The smallest absolute Gasteiger partial charge is 0.327 e. The van der Waals surface area contributed by atoms with Crippen LogP contribution >= 0.6 is 0 Å². The van der Waals surface area contributed by atoms with Crippen LogP contribution in [0.15, 0.2) is 0 Å². The van der Waals surface area contributed by atoms with E-state index in [-0.39, 0.29) is 18.4 Å². The molecule has 0 spiro atoms. The summed E-state index contributed by atoms with van der Waals surface area (Å²) in [5.41, 5.74) is 5.87. The van der Waals surface area contributed by atoms with Gasteiger partial charge in [-0.05, 0) is 31.1 Å². The Bertz CT molecular complexity index is 274. The van der Waals surface area contributed by atoms with Crippen molar-refractivity contribution in [3.8, 4) is 0 Å². The summed E-state index contributed by atoms with van der Waals surface area (Å²) in [4.78, 5) is 0. The predicted octanol–water partition coefficient (Wildman–Crippen LogP) is 1.24. The molecule has 2 rings (SSSR count). The van der Waals surface area contributed by atoms with Crippen LogP contribution in [-0.4, -0.2) is 37.4 Å². The Morgan fingerprint density at radius 3 is 2.33 bits per heavy atom. The van der Waals surface area contributed by atoms with Crippen LogP contribution < -0.4 is 16.4 Å². The Kier molecular flexibility index (Phi) is 4.18. The number of hydrogen-bond acceptors (Lipinski definition) is 3. The van der Waals surface area contributed by atoms with Gasteiger partial charge in [0.1, 0.15) is 6.04 Å². The lowest BCUT2D eigenvalue weighted by atomic mass is 9.78. The Labute approximate surface area is 106 Å². The van der Waals surface area contributed by atoms with Crippen molar-refractivity contribution in [1.82, 2.24) is 10.6 Å². The number of nitrogens with two attached hydrogens (primary N) is 1. The van der Waals surface area contributed by atoms with E-state index in [1.165, 1.54) is 0 Å². The van der Waals surface area contributed by atoms with Gasteiger partial charge >= 0.3 is 6.18 Å². The minimum atomic E-state index is -4.11. The minimum absolute atomic E-state index is 0.177. The third-order valence-electron chi connectivity index (χ3n) is 4.26. The first-order valence-corrected chi connectivity index (χ1v) is 6.67. The first-order chi connectivity index (χ1) is 8.38. The van der Waals surface area contributed by atoms with E-state index in [2.05, 4.69) is 17.6 Å². The lowest BCUT2D eigenvalue weighted by Crippen LogP contribution is -2.58. The maximum absolute atomic E-state index is 12.5. The fourth-order valence-electron chi connectivity index (χ4n) is 3.29. The predicted molar refractivity (Wildman–Crippen MR) is 64.1 cm³/mol. The molecule has 106 valence electrons. The normalized spacial score (nSPS) is 42.8. The highest BCUT2D eigenvalue weighted by Crippen LogP contribution is 2.31. The fraction of sp³-hybridized carbons (Fsp3) is 1.00. The molecule has 2 saturated heterocycles. The first-order valence-electron chi connectivity index (χ1n) is 6.67. The molecule has 2 fully saturated rings. The second-order valence-corrected chi connectivity index (χ2v) is 5.75. The van der Waals surface area contributed by atoms with Gasteiger partial charge in [-0.3, -0.25) is 0 Å². The van der Waals surface area contributed by atoms with E-state index in [1.807, 2.05) is 0 Å². The lowest BCUT2D eigenvalue weighted by Gasteiger charge is -2.42. The van der Waals surface area contributed by atoms with Crippen LogP contribution in [0, 0.1) is 11.8 Å². The molecule has 5 atom stereocenters. The van der Waals surface area contributed by atoms with Gasteiger partial charge in [0.25, 0.3) is 0 Å². The van der Waals surface area contributed by atoms with Gasteiger partial charge in [0.2, 0.25) is 0 Å². The molecule has 0 amide bonds. The van der Waals surface area contributed by atoms with Gasteiger partial charge in [0, 0.05) is 25.2 Å². The molecule has 2 aliphatic rings. The van der Waals surface area contributed by atoms with E-state index in [1.54, 1.807) is 0 Å². The molecule has 0 radical (unpaired) electrons. The van der Waals surface area contributed by atoms with E-state index < -0.39 is 12.2 Å². The monoisotopic (exact) mass is 265 g/mol. The van der Waals surface area contributed by atoms with E-state index in [9.17, 15) is 13.2 Å². The molecule has 3 nitrogen and oxygen atoms in total. The number of alkyl halides is 3. The van der Waals surface area contributed by atoms with Gasteiger partial charge in [-0.25, -0.2) is 0 Å². The first kappa shape index (κ1) is 14.1. The zero-order valence-corrected chi connectivity index (χ0v) is 10.6. The summed E-state index contributed by atoms with van der Waals surface area (Å²) >= 11 is 0. The molecule has 2 aliphatic heterocycles.